The van der Waals surface area contributed by atoms with Crippen LogP contribution in [-0.2, 0) is 29.5 Å². The van der Waals surface area contributed by atoms with Gasteiger partial charge in [-0.25, -0.2) is 8.42 Å². The zero-order valence-corrected chi connectivity index (χ0v) is 25.1. The van der Waals surface area contributed by atoms with Crippen LogP contribution in [0.5, 0.6) is 17.2 Å². The number of sulfonamides is 1. The summed E-state index contributed by atoms with van der Waals surface area (Å²) in [5, 5.41) is 0. The van der Waals surface area contributed by atoms with Gasteiger partial charge in [-0.1, -0.05) is 54.6 Å². The summed E-state index contributed by atoms with van der Waals surface area (Å²) in [6.45, 7) is 3.79. The molecule has 7 nitrogen and oxygen atoms in total. The number of benzene rings is 4. The molecule has 0 bridgehead atoms. The fourth-order valence-corrected chi connectivity index (χ4v) is 5.41. The van der Waals surface area contributed by atoms with Crippen molar-refractivity contribution in [3.05, 3.63) is 144 Å². The maximum Gasteiger partial charge on any atom is 0.229 e. The Morgan fingerprint density at radius 3 is 2.12 bits per heavy atom. The van der Waals surface area contributed by atoms with Crippen LogP contribution in [0.1, 0.15) is 22.3 Å². The molecule has 1 aromatic heterocycles. The van der Waals surface area contributed by atoms with Crippen LogP contribution in [0.4, 0.5) is 11.4 Å². The Labute approximate surface area is 253 Å². The first-order valence-corrected chi connectivity index (χ1v) is 16.0. The van der Waals surface area contributed by atoms with Crippen LogP contribution in [0.15, 0.2) is 122 Å². The molecular weight excluding hydrogens is 558 g/mol. The van der Waals surface area contributed by atoms with Gasteiger partial charge < -0.3 is 14.4 Å². The molecule has 43 heavy (non-hydrogen) atoms. The van der Waals surface area contributed by atoms with Crippen molar-refractivity contribution >= 4 is 21.4 Å². The van der Waals surface area contributed by atoms with E-state index in [-0.39, 0.29) is 0 Å². The lowest BCUT2D eigenvalue weighted by atomic mass is 10.1. The van der Waals surface area contributed by atoms with Gasteiger partial charge in [0.05, 0.1) is 18.6 Å². The van der Waals surface area contributed by atoms with Crippen molar-refractivity contribution in [3.8, 4) is 17.2 Å². The molecular formula is C35H35N3O4S. The van der Waals surface area contributed by atoms with Gasteiger partial charge in [-0.15, -0.1) is 0 Å². The Balaban J connectivity index is 1.28. The van der Waals surface area contributed by atoms with E-state index in [0.717, 1.165) is 46.6 Å². The monoisotopic (exact) mass is 593 g/mol. The second-order valence-corrected chi connectivity index (χ2v) is 12.1. The van der Waals surface area contributed by atoms with Gasteiger partial charge in [-0.3, -0.25) is 9.71 Å². The van der Waals surface area contributed by atoms with Gasteiger partial charge in [0, 0.05) is 43.7 Å². The van der Waals surface area contributed by atoms with Crippen molar-refractivity contribution in [3.63, 3.8) is 0 Å². The van der Waals surface area contributed by atoms with Crippen molar-refractivity contribution in [1.29, 1.82) is 0 Å². The van der Waals surface area contributed by atoms with Crippen molar-refractivity contribution in [2.24, 2.45) is 0 Å². The van der Waals surface area contributed by atoms with E-state index in [2.05, 4.69) is 38.9 Å². The van der Waals surface area contributed by atoms with Gasteiger partial charge in [-0.05, 0) is 77.7 Å². The lowest BCUT2D eigenvalue weighted by molar-refractivity contribution is 0.320. The highest BCUT2D eigenvalue weighted by atomic mass is 32.2. The van der Waals surface area contributed by atoms with Crippen LogP contribution in [-0.4, -0.2) is 26.3 Å². The summed E-state index contributed by atoms with van der Waals surface area (Å²) in [6.07, 6.45) is 5.54. The molecule has 0 amide bonds. The van der Waals surface area contributed by atoms with E-state index in [1.54, 1.807) is 18.5 Å². The van der Waals surface area contributed by atoms with Crippen molar-refractivity contribution in [1.82, 2.24) is 4.98 Å². The second-order valence-electron chi connectivity index (χ2n) is 10.3. The Morgan fingerprint density at radius 1 is 0.721 bits per heavy atom. The molecule has 220 valence electrons. The third kappa shape index (κ3) is 8.83. The summed E-state index contributed by atoms with van der Waals surface area (Å²) in [6, 6.07) is 35.6. The average molecular weight is 594 g/mol. The van der Waals surface area contributed by atoms with Crippen LogP contribution in [0.25, 0.3) is 0 Å². The van der Waals surface area contributed by atoms with Crippen LogP contribution >= 0.6 is 0 Å². The fourth-order valence-electron chi connectivity index (χ4n) is 4.79. The number of hydrogen-bond donors (Lipinski definition) is 1. The van der Waals surface area contributed by atoms with E-state index in [1.165, 1.54) is 5.56 Å². The quantitative estimate of drug-likeness (QED) is 0.153. The number of aromatic nitrogens is 1. The minimum absolute atomic E-state index is 0.564. The molecule has 0 atom stereocenters. The lowest BCUT2D eigenvalue weighted by Crippen LogP contribution is -2.23. The molecule has 4 aromatic carbocycles. The summed E-state index contributed by atoms with van der Waals surface area (Å²) in [5.74, 6) is 2.18. The van der Waals surface area contributed by atoms with E-state index >= 15 is 0 Å². The summed E-state index contributed by atoms with van der Waals surface area (Å²) >= 11 is 0. The van der Waals surface area contributed by atoms with Crippen LogP contribution in [0.2, 0.25) is 0 Å². The lowest BCUT2D eigenvalue weighted by Gasteiger charge is -2.28. The summed E-state index contributed by atoms with van der Waals surface area (Å²) in [5.41, 5.74) is 5.83. The minimum atomic E-state index is -3.40. The van der Waals surface area contributed by atoms with Crippen LogP contribution in [0, 0.1) is 6.92 Å². The first-order valence-electron chi connectivity index (χ1n) is 14.1. The van der Waals surface area contributed by atoms with Gasteiger partial charge in [0.2, 0.25) is 10.0 Å². The van der Waals surface area contributed by atoms with Gasteiger partial charge in [0.1, 0.15) is 17.2 Å². The highest BCUT2D eigenvalue weighted by molar-refractivity contribution is 7.92. The zero-order chi connectivity index (χ0) is 30.1. The molecule has 0 saturated heterocycles. The Morgan fingerprint density at radius 2 is 1.40 bits per heavy atom. The number of nitrogens with zero attached hydrogens (tertiary/aromatic N) is 2. The Bertz CT molecular complexity index is 1730. The first-order chi connectivity index (χ1) is 20.8. The largest absolute Gasteiger partial charge is 0.493 e. The van der Waals surface area contributed by atoms with E-state index in [0.29, 0.717) is 31.1 Å². The minimum Gasteiger partial charge on any atom is -0.493 e. The van der Waals surface area contributed by atoms with Gasteiger partial charge in [0.25, 0.3) is 0 Å². The molecule has 8 heteroatoms. The van der Waals surface area contributed by atoms with Gasteiger partial charge in [-0.2, -0.15) is 0 Å². The smallest absolute Gasteiger partial charge is 0.229 e. The fraction of sp³-hybridized carbons (Fsp3) is 0.171. The maximum atomic E-state index is 12.0. The Kier molecular flexibility index (Phi) is 9.59. The molecule has 5 rings (SSSR count). The van der Waals surface area contributed by atoms with Gasteiger partial charge >= 0.3 is 0 Å². The third-order valence-corrected chi connectivity index (χ3v) is 7.50. The predicted molar refractivity (Wildman–Crippen MR) is 172 cm³/mol. The molecule has 0 aliphatic heterocycles. The molecule has 1 heterocycles. The number of nitrogens with one attached hydrogen (secondary N) is 1. The summed E-state index contributed by atoms with van der Waals surface area (Å²) in [7, 11) is -3.40. The van der Waals surface area contributed by atoms with Crippen molar-refractivity contribution < 1.29 is 17.9 Å². The standard InChI is InChI=1S/C35H35N3O4S/c1-27-34(37-43(2,39)40)12-7-13-35(27)38(25-29-8-4-3-5-9-29)26-30-14-16-31(17-15-30)42-33-11-6-10-32(24-33)41-23-20-28-18-21-36-22-19-28/h3-19,21-22,24,37H,20,23,25-26H2,1-2H3. The molecule has 0 saturated carbocycles. The number of ether oxygens (including phenoxy) is 2. The van der Waals surface area contributed by atoms with E-state index in [4.69, 9.17) is 9.47 Å². The molecule has 0 aliphatic rings. The average Bonchev–Trinajstić information content (AvgIpc) is 3.00. The topological polar surface area (TPSA) is 80.8 Å². The first kappa shape index (κ1) is 29.7. The molecule has 0 fully saturated rings. The number of anilines is 2. The number of pyridine rings is 1. The normalized spacial score (nSPS) is 11.1. The maximum absolute atomic E-state index is 12.0. The highest BCUT2D eigenvalue weighted by Gasteiger charge is 2.15. The van der Waals surface area contributed by atoms with E-state index in [9.17, 15) is 8.42 Å². The van der Waals surface area contributed by atoms with E-state index < -0.39 is 10.0 Å². The molecule has 0 aliphatic carbocycles. The van der Waals surface area contributed by atoms with E-state index in [1.807, 2.05) is 85.8 Å². The summed E-state index contributed by atoms with van der Waals surface area (Å²) < 4.78 is 38.6. The summed E-state index contributed by atoms with van der Waals surface area (Å²) in [4.78, 5) is 6.30. The van der Waals surface area contributed by atoms with Crippen molar-refractivity contribution in [2.75, 3.05) is 22.5 Å². The molecule has 0 unspecified atom stereocenters. The number of rotatable bonds is 13. The molecule has 1 N–H and O–H groups in total. The third-order valence-electron chi connectivity index (χ3n) is 6.90. The number of hydrogen-bond acceptors (Lipinski definition) is 6. The van der Waals surface area contributed by atoms with Crippen molar-refractivity contribution in [2.45, 2.75) is 26.4 Å². The Hall–Kier alpha value is -4.82. The van der Waals surface area contributed by atoms with Gasteiger partial charge in [0.15, 0.2) is 0 Å². The zero-order valence-electron chi connectivity index (χ0n) is 24.3. The predicted octanol–water partition coefficient (Wildman–Crippen LogP) is 7.38. The molecule has 0 spiro atoms. The SMILES string of the molecule is Cc1c(NS(C)(=O)=O)cccc1N(Cc1ccccc1)Cc1ccc(Oc2cccc(OCCc3ccncc3)c2)cc1. The molecule has 5 aromatic rings. The van der Waals surface area contributed by atoms with Crippen LogP contribution in [0.3, 0.4) is 0 Å². The molecule has 0 radical (unpaired) electrons. The second kappa shape index (κ2) is 13.9. The highest BCUT2D eigenvalue weighted by Crippen LogP contribution is 2.31. The van der Waals surface area contributed by atoms with Crippen LogP contribution < -0.4 is 19.1 Å².